The molecule has 2 aromatic carbocycles. The number of hydrogen-bond acceptors (Lipinski definition) is 6. The summed E-state index contributed by atoms with van der Waals surface area (Å²) in [7, 11) is 0. The number of nitrogens with one attached hydrogen (secondary N) is 1. The highest BCUT2D eigenvalue weighted by Crippen LogP contribution is 2.44. The number of aliphatic hydroxyl groups excluding tert-OH is 2. The first kappa shape index (κ1) is 20.0. The maximum atomic E-state index is 12.1. The summed E-state index contributed by atoms with van der Waals surface area (Å²) in [5.74, 6) is -0.0312. The summed E-state index contributed by atoms with van der Waals surface area (Å²) in [4.78, 5) is 16.2. The van der Waals surface area contributed by atoms with Crippen LogP contribution < -0.4 is 5.32 Å². The number of carbonyl (C=O) groups is 1. The van der Waals surface area contributed by atoms with Crippen molar-refractivity contribution in [2.45, 2.75) is 18.1 Å². The van der Waals surface area contributed by atoms with Crippen molar-refractivity contribution in [1.82, 2.24) is 10.3 Å². The van der Waals surface area contributed by atoms with Crippen molar-refractivity contribution in [3.8, 4) is 11.1 Å². The van der Waals surface area contributed by atoms with Gasteiger partial charge in [0.25, 0.3) is 0 Å². The topological polar surface area (TPSA) is 91.7 Å². The van der Waals surface area contributed by atoms with Crippen LogP contribution in [0.1, 0.15) is 28.2 Å². The lowest BCUT2D eigenvalue weighted by Crippen LogP contribution is -2.36. The molecule has 0 radical (unpaired) electrons. The van der Waals surface area contributed by atoms with Gasteiger partial charge in [-0.25, -0.2) is 9.78 Å². The van der Waals surface area contributed by atoms with Gasteiger partial charge in [0, 0.05) is 17.8 Å². The molecule has 1 amide bonds. The van der Waals surface area contributed by atoms with Crippen LogP contribution in [-0.2, 0) is 4.74 Å². The van der Waals surface area contributed by atoms with E-state index in [1.807, 2.05) is 36.4 Å². The van der Waals surface area contributed by atoms with Crippen LogP contribution in [-0.4, -0.2) is 40.5 Å². The quantitative estimate of drug-likeness (QED) is 0.504. The molecule has 6 nitrogen and oxygen atoms in total. The lowest BCUT2D eigenvalue weighted by molar-refractivity contribution is 0.0183. The molecule has 0 saturated carbocycles. The number of alkyl carbamates (subject to hydrolysis) is 1. The summed E-state index contributed by atoms with van der Waals surface area (Å²) < 4.78 is 6.01. The van der Waals surface area contributed by atoms with Gasteiger partial charge in [-0.3, -0.25) is 0 Å². The average Bonchev–Trinajstić information content (AvgIpc) is 3.31. The number of benzene rings is 2. The largest absolute Gasteiger partial charge is 0.449 e. The van der Waals surface area contributed by atoms with Crippen LogP contribution in [0.15, 0.2) is 58.5 Å². The predicted molar refractivity (Wildman–Crippen MR) is 114 cm³/mol. The fourth-order valence-electron chi connectivity index (χ4n) is 3.52. The van der Waals surface area contributed by atoms with Gasteiger partial charge in [-0.2, -0.15) is 0 Å². The third-order valence-corrected chi connectivity index (χ3v) is 6.54. The second-order valence-electron chi connectivity index (χ2n) is 6.73. The van der Waals surface area contributed by atoms with Gasteiger partial charge in [0.15, 0.2) is 0 Å². The Labute approximate surface area is 180 Å². The van der Waals surface area contributed by atoms with Gasteiger partial charge in [-0.1, -0.05) is 48.5 Å². The molecular weight excluding hydrogens is 456 g/mol. The number of aromatic nitrogens is 1. The normalized spacial score (nSPS) is 14.7. The highest BCUT2D eigenvalue weighted by atomic mass is 79.9. The first-order chi connectivity index (χ1) is 14.0. The monoisotopic (exact) mass is 474 g/mol. The molecule has 8 heteroatoms. The number of rotatable bonds is 6. The lowest BCUT2D eigenvalue weighted by atomic mass is 9.98. The Hall–Kier alpha value is -2.26. The summed E-state index contributed by atoms with van der Waals surface area (Å²) in [6.07, 6.45) is -3.01. The van der Waals surface area contributed by atoms with E-state index in [-0.39, 0.29) is 19.1 Å². The van der Waals surface area contributed by atoms with Crippen LogP contribution in [0.5, 0.6) is 0 Å². The Morgan fingerprint density at radius 2 is 1.76 bits per heavy atom. The second-order valence-corrected chi connectivity index (χ2v) is 8.43. The van der Waals surface area contributed by atoms with Crippen molar-refractivity contribution in [2.75, 3.05) is 13.2 Å². The zero-order valence-corrected chi connectivity index (χ0v) is 17.7. The van der Waals surface area contributed by atoms with Crippen molar-refractivity contribution >= 4 is 33.4 Å². The third-order valence-electron chi connectivity index (χ3n) is 4.91. The van der Waals surface area contributed by atoms with Gasteiger partial charge in [-0.05, 0) is 38.2 Å². The van der Waals surface area contributed by atoms with Crippen LogP contribution in [0.25, 0.3) is 11.1 Å². The van der Waals surface area contributed by atoms with Crippen LogP contribution >= 0.6 is 27.3 Å². The SMILES string of the molecule is O=C(NCC(O)C(O)c1nc(Br)cs1)OCC1c2ccccc2-c2ccccc21. The van der Waals surface area contributed by atoms with E-state index >= 15 is 0 Å². The molecule has 1 aliphatic carbocycles. The average molecular weight is 475 g/mol. The Morgan fingerprint density at radius 1 is 1.14 bits per heavy atom. The molecule has 4 rings (SSSR count). The first-order valence-corrected chi connectivity index (χ1v) is 10.8. The van der Waals surface area contributed by atoms with E-state index in [1.54, 1.807) is 5.38 Å². The number of thiazole rings is 1. The van der Waals surface area contributed by atoms with Gasteiger partial charge in [0.05, 0.1) is 0 Å². The number of carbonyl (C=O) groups excluding carboxylic acids is 1. The molecule has 2 unspecified atom stereocenters. The van der Waals surface area contributed by atoms with E-state index in [4.69, 9.17) is 4.74 Å². The van der Waals surface area contributed by atoms with E-state index in [2.05, 4.69) is 38.4 Å². The van der Waals surface area contributed by atoms with Gasteiger partial charge >= 0.3 is 6.09 Å². The zero-order chi connectivity index (χ0) is 20.4. The van der Waals surface area contributed by atoms with Gasteiger partial charge in [0.1, 0.15) is 28.4 Å². The van der Waals surface area contributed by atoms with Crippen molar-refractivity contribution in [3.05, 3.63) is 74.6 Å². The number of aliphatic hydroxyl groups is 2. The molecule has 0 bridgehead atoms. The minimum Gasteiger partial charge on any atom is -0.449 e. The molecule has 150 valence electrons. The second kappa shape index (κ2) is 8.62. The highest BCUT2D eigenvalue weighted by molar-refractivity contribution is 9.10. The molecule has 1 heterocycles. The highest BCUT2D eigenvalue weighted by Gasteiger charge is 2.29. The van der Waals surface area contributed by atoms with Crippen molar-refractivity contribution in [1.29, 1.82) is 0 Å². The minimum absolute atomic E-state index is 0.0312. The van der Waals surface area contributed by atoms with E-state index in [0.29, 0.717) is 9.61 Å². The van der Waals surface area contributed by atoms with E-state index in [1.165, 1.54) is 11.3 Å². The summed E-state index contributed by atoms with van der Waals surface area (Å²) in [5.41, 5.74) is 4.58. The minimum atomic E-state index is -1.19. The Morgan fingerprint density at radius 3 is 2.34 bits per heavy atom. The Balaban J connectivity index is 1.34. The predicted octanol–water partition coefficient (Wildman–Crippen LogP) is 3.84. The maximum absolute atomic E-state index is 12.1. The Bertz CT molecular complexity index is 980. The number of nitrogens with zero attached hydrogens (tertiary/aromatic N) is 1. The van der Waals surface area contributed by atoms with E-state index in [0.717, 1.165) is 22.3 Å². The third kappa shape index (κ3) is 4.20. The van der Waals surface area contributed by atoms with Gasteiger partial charge in [-0.15, -0.1) is 11.3 Å². The van der Waals surface area contributed by atoms with E-state index in [9.17, 15) is 15.0 Å². The van der Waals surface area contributed by atoms with Gasteiger partial charge < -0.3 is 20.3 Å². The van der Waals surface area contributed by atoms with Crippen LogP contribution in [0.3, 0.4) is 0 Å². The molecule has 0 spiro atoms. The van der Waals surface area contributed by atoms with E-state index < -0.39 is 18.3 Å². The molecule has 1 aliphatic rings. The smallest absolute Gasteiger partial charge is 0.407 e. The van der Waals surface area contributed by atoms with Crippen molar-refractivity contribution in [3.63, 3.8) is 0 Å². The molecule has 3 N–H and O–H groups in total. The summed E-state index contributed by atoms with van der Waals surface area (Å²) >= 11 is 4.43. The maximum Gasteiger partial charge on any atom is 0.407 e. The summed E-state index contributed by atoms with van der Waals surface area (Å²) in [6, 6.07) is 16.2. The number of ether oxygens (including phenoxy) is 1. The molecule has 0 aliphatic heterocycles. The fourth-order valence-corrected chi connectivity index (χ4v) is 4.82. The van der Waals surface area contributed by atoms with Crippen molar-refractivity contribution in [2.24, 2.45) is 0 Å². The fraction of sp³-hybridized carbons (Fsp3) is 0.238. The number of hydrogen-bond donors (Lipinski definition) is 3. The Kier molecular flexibility index (Phi) is 5.96. The molecular formula is C21H19BrN2O4S. The molecule has 3 aromatic rings. The standard InChI is InChI=1S/C21H19BrN2O4S/c22-18-11-29-20(24-18)19(26)17(25)9-23-21(27)28-10-16-14-7-3-1-5-12(14)13-6-2-4-8-15(13)16/h1-8,11,16-17,19,25-26H,9-10H2,(H,23,27). The van der Waals surface area contributed by atoms with Crippen LogP contribution in [0.2, 0.25) is 0 Å². The number of amides is 1. The lowest BCUT2D eigenvalue weighted by Gasteiger charge is -2.17. The van der Waals surface area contributed by atoms with Crippen LogP contribution in [0.4, 0.5) is 4.79 Å². The number of fused-ring (bicyclic) bond motifs is 3. The van der Waals surface area contributed by atoms with Gasteiger partial charge in [0.2, 0.25) is 0 Å². The summed E-state index contributed by atoms with van der Waals surface area (Å²) in [5, 5.41) is 24.8. The summed E-state index contributed by atoms with van der Waals surface area (Å²) in [6.45, 7) is 0.0486. The molecule has 0 saturated heterocycles. The van der Waals surface area contributed by atoms with Crippen LogP contribution in [0, 0.1) is 0 Å². The first-order valence-electron chi connectivity index (χ1n) is 9.10. The number of halogens is 1. The van der Waals surface area contributed by atoms with Crippen molar-refractivity contribution < 1.29 is 19.7 Å². The molecule has 0 fully saturated rings. The molecule has 29 heavy (non-hydrogen) atoms. The molecule has 2 atom stereocenters. The zero-order valence-electron chi connectivity index (χ0n) is 15.3. The molecule has 1 aromatic heterocycles.